The minimum absolute atomic E-state index is 0.129. The number of β-amino-alcohol motifs (C(OH)–C–C–N with tert-alkyl or cyclic N) is 1. The van der Waals surface area contributed by atoms with Crippen LogP contribution in [0.15, 0.2) is 18.2 Å². The first kappa shape index (κ1) is 15.4. The molecule has 0 bridgehead atoms. The molecule has 0 aromatic heterocycles. The van der Waals surface area contributed by atoms with Crippen molar-refractivity contribution in [3.8, 4) is 0 Å². The molecule has 5 heteroatoms. The lowest BCUT2D eigenvalue weighted by Gasteiger charge is -2.39. The van der Waals surface area contributed by atoms with Gasteiger partial charge in [0.25, 0.3) is 0 Å². The van der Waals surface area contributed by atoms with Crippen molar-refractivity contribution in [3.63, 3.8) is 0 Å². The number of hydrogen-bond donors (Lipinski definition) is 2. The fourth-order valence-corrected chi connectivity index (χ4v) is 3.67. The maximum Gasteiger partial charge on any atom is 0.220 e. The van der Waals surface area contributed by atoms with E-state index in [0.29, 0.717) is 13.0 Å². The zero-order valence-corrected chi connectivity index (χ0v) is 12.9. The molecule has 2 heterocycles. The van der Waals surface area contributed by atoms with E-state index >= 15 is 0 Å². The van der Waals surface area contributed by atoms with Gasteiger partial charge in [-0.15, -0.1) is 0 Å². The highest BCUT2D eigenvalue weighted by Gasteiger charge is 2.40. The number of carbonyl (C=O) groups excluding carboxylic acids is 1. The standard InChI is InChI=1S/C17H23FN2O2/c1-12-8-13(18)2-3-14(12)15(21)10-20-6-4-17(5-7-20)9-16(22)19-11-17/h2-3,8,15,21H,4-7,9-11H2,1H3,(H,19,22). The van der Waals surface area contributed by atoms with Gasteiger partial charge in [-0.05, 0) is 61.5 Å². The van der Waals surface area contributed by atoms with Gasteiger partial charge in [0.2, 0.25) is 5.91 Å². The third kappa shape index (κ3) is 3.15. The molecule has 0 saturated carbocycles. The summed E-state index contributed by atoms with van der Waals surface area (Å²) in [5.41, 5.74) is 1.70. The SMILES string of the molecule is Cc1cc(F)ccc1C(O)CN1CCC2(CC1)CNC(=O)C2. The smallest absolute Gasteiger partial charge is 0.220 e. The Morgan fingerprint density at radius 3 is 2.73 bits per heavy atom. The Hall–Kier alpha value is -1.46. The van der Waals surface area contributed by atoms with E-state index in [1.54, 1.807) is 6.07 Å². The topological polar surface area (TPSA) is 52.6 Å². The van der Waals surface area contributed by atoms with Gasteiger partial charge in [0.15, 0.2) is 0 Å². The van der Waals surface area contributed by atoms with Crippen LogP contribution in [0.2, 0.25) is 0 Å². The normalized spacial score (nSPS) is 22.8. The van der Waals surface area contributed by atoms with Crippen LogP contribution in [0.3, 0.4) is 0 Å². The number of benzene rings is 1. The molecule has 0 aliphatic carbocycles. The first-order valence-corrected chi connectivity index (χ1v) is 7.91. The molecule has 1 unspecified atom stereocenters. The van der Waals surface area contributed by atoms with E-state index in [2.05, 4.69) is 10.2 Å². The number of nitrogens with zero attached hydrogens (tertiary/aromatic N) is 1. The molecule has 4 nitrogen and oxygen atoms in total. The molecule has 0 radical (unpaired) electrons. The summed E-state index contributed by atoms with van der Waals surface area (Å²) in [6, 6.07) is 4.52. The van der Waals surface area contributed by atoms with Crippen LogP contribution < -0.4 is 5.32 Å². The van der Waals surface area contributed by atoms with Gasteiger partial charge in [-0.25, -0.2) is 4.39 Å². The summed E-state index contributed by atoms with van der Waals surface area (Å²) in [6.07, 6.45) is 2.01. The van der Waals surface area contributed by atoms with Crippen LogP contribution in [-0.2, 0) is 4.79 Å². The molecule has 1 amide bonds. The van der Waals surface area contributed by atoms with Crippen LogP contribution in [0.1, 0.15) is 36.5 Å². The highest BCUT2D eigenvalue weighted by Crippen LogP contribution is 2.37. The number of piperidine rings is 1. The Balaban J connectivity index is 1.57. The third-order valence-electron chi connectivity index (χ3n) is 5.13. The molecular weight excluding hydrogens is 283 g/mol. The molecule has 1 atom stereocenters. The number of hydrogen-bond acceptors (Lipinski definition) is 3. The summed E-state index contributed by atoms with van der Waals surface area (Å²) in [7, 11) is 0. The summed E-state index contributed by atoms with van der Waals surface area (Å²) in [5, 5.41) is 13.3. The fourth-order valence-electron chi connectivity index (χ4n) is 3.67. The lowest BCUT2D eigenvalue weighted by Crippen LogP contribution is -2.42. The van der Waals surface area contributed by atoms with Crippen molar-refractivity contribution in [2.45, 2.75) is 32.3 Å². The lowest BCUT2D eigenvalue weighted by molar-refractivity contribution is -0.119. The number of halogens is 1. The van der Waals surface area contributed by atoms with E-state index in [0.717, 1.165) is 43.6 Å². The molecule has 2 fully saturated rings. The van der Waals surface area contributed by atoms with Gasteiger partial charge < -0.3 is 15.3 Å². The van der Waals surface area contributed by atoms with Crippen LogP contribution in [0.4, 0.5) is 4.39 Å². The maximum absolute atomic E-state index is 13.1. The average molecular weight is 306 g/mol. The fraction of sp³-hybridized carbons (Fsp3) is 0.588. The second-order valence-electron chi connectivity index (χ2n) is 6.77. The highest BCUT2D eigenvalue weighted by molar-refractivity contribution is 5.79. The largest absolute Gasteiger partial charge is 0.387 e. The van der Waals surface area contributed by atoms with Gasteiger partial charge in [-0.2, -0.15) is 0 Å². The van der Waals surface area contributed by atoms with E-state index in [-0.39, 0.29) is 17.1 Å². The first-order valence-electron chi connectivity index (χ1n) is 7.91. The zero-order chi connectivity index (χ0) is 15.7. The number of rotatable bonds is 3. The van der Waals surface area contributed by atoms with Crippen molar-refractivity contribution in [1.29, 1.82) is 0 Å². The average Bonchev–Trinajstić information content (AvgIpc) is 2.83. The quantitative estimate of drug-likeness (QED) is 0.895. The summed E-state index contributed by atoms with van der Waals surface area (Å²) >= 11 is 0. The lowest BCUT2D eigenvalue weighted by atomic mass is 9.77. The summed E-state index contributed by atoms with van der Waals surface area (Å²) in [6.45, 7) is 4.96. The number of aliphatic hydroxyl groups is 1. The maximum atomic E-state index is 13.1. The van der Waals surface area contributed by atoms with Gasteiger partial charge in [-0.1, -0.05) is 6.07 Å². The summed E-state index contributed by atoms with van der Waals surface area (Å²) in [5.74, 6) is -0.109. The van der Waals surface area contributed by atoms with Crippen molar-refractivity contribution in [2.24, 2.45) is 5.41 Å². The molecule has 1 aromatic rings. The number of carbonyl (C=O) groups is 1. The van der Waals surface area contributed by atoms with Gasteiger partial charge in [0, 0.05) is 19.5 Å². The van der Waals surface area contributed by atoms with E-state index in [9.17, 15) is 14.3 Å². The summed E-state index contributed by atoms with van der Waals surface area (Å²) < 4.78 is 13.1. The van der Waals surface area contributed by atoms with Crippen LogP contribution in [-0.4, -0.2) is 42.1 Å². The number of aliphatic hydroxyl groups excluding tert-OH is 1. The number of amides is 1. The Kier molecular flexibility index (Phi) is 4.19. The van der Waals surface area contributed by atoms with E-state index in [1.807, 2.05) is 6.92 Å². The second kappa shape index (κ2) is 5.97. The minimum Gasteiger partial charge on any atom is -0.387 e. The summed E-state index contributed by atoms with van der Waals surface area (Å²) in [4.78, 5) is 13.7. The van der Waals surface area contributed by atoms with Gasteiger partial charge in [-0.3, -0.25) is 4.79 Å². The van der Waals surface area contributed by atoms with E-state index in [1.165, 1.54) is 12.1 Å². The van der Waals surface area contributed by atoms with Gasteiger partial charge >= 0.3 is 0 Å². The number of likely N-dealkylation sites (tertiary alicyclic amines) is 1. The molecule has 2 aliphatic rings. The zero-order valence-electron chi connectivity index (χ0n) is 12.9. The van der Waals surface area contributed by atoms with Gasteiger partial charge in [0.05, 0.1) is 6.10 Å². The molecule has 2 N–H and O–H groups in total. The van der Waals surface area contributed by atoms with Gasteiger partial charge in [0.1, 0.15) is 5.82 Å². The van der Waals surface area contributed by atoms with Crippen LogP contribution in [0, 0.1) is 18.2 Å². The Labute approximate surface area is 130 Å². The van der Waals surface area contributed by atoms with Crippen LogP contribution >= 0.6 is 0 Å². The molecule has 120 valence electrons. The van der Waals surface area contributed by atoms with Crippen molar-refractivity contribution in [3.05, 3.63) is 35.1 Å². The van der Waals surface area contributed by atoms with Crippen molar-refractivity contribution in [1.82, 2.24) is 10.2 Å². The van der Waals surface area contributed by atoms with Crippen molar-refractivity contribution >= 4 is 5.91 Å². The second-order valence-corrected chi connectivity index (χ2v) is 6.77. The first-order chi connectivity index (χ1) is 10.5. The predicted molar refractivity (Wildman–Crippen MR) is 81.8 cm³/mol. The monoisotopic (exact) mass is 306 g/mol. The number of aryl methyl sites for hydroxylation is 1. The molecule has 1 aromatic carbocycles. The van der Waals surface area contributed by atoms with Crippen molar-refractivity contribution in [2.75, 3.05) is 26.2 Å². The molecule has 1 spiro atoms. The molecular formula is C17H23FN2O2. The van der Waals surface area contributed by atoms with E-state index < -0.39 is 6.10 Å². The molecule has 2 aliphatic heterocycles. The van der Waals surface area contributed by atoms with Crippen molar-refractivity contribution < 1.29 is 14.3 Å². The predicted octanol–water partition coefficient (Wildman–Crippen LogP) is 1.77. The number of nitrogens with one attached hydrogen (secondary N) is 1. The molecule has 2 saturated heterocycles. The molecule has 3 rings (SSSR count). The Bertz CT molecular complexity index is 568. The van der Waals surface area contributed by atoms with E-state index in [4.69, 9.17) is 0 Å². The third-order valence-corrected chi connectivity index (χ3v) is 5.13. The van der Waals surface area contributed by atoms with Crippen LogP contribution in [0.25, 0.3) is 0 Å². The minimum atomic E-state index is -0.599. The van der Waals surface area contributed by atoms with Crippen LogP contribution in [0.5, 0.6) is 0 Å². The Morgan fingerprint density at radius 2 is 2.14 bits per heavy atom. The Morgan fingerprint density at radius 1 is 1.41 bits per heavy atom. The molecule has 22 heavy (non-hydrogen) atoms. The highest BCUT2D eigenvalue weighted by atomic mass is 19.1.